The van der Waals surface area contributed by atoms with E-state index < -0.39 is 22.0 Å². The molecule has 3 rings (SSSR count). The predicted molar refractivity (Wildman–Crippen MR) is 101 cm³/mol. The third kappa shape index (κ3) is 3.92. The van der Waals surface area contributed by atoms with E-state index in [2.05, 4.69) is 5.32 Å². The van der Waals surface area contributed by atoms with Gasteiger partial charge in [-0.25, -0.2) is 8.42 Å². The minimum atomic E-state index is -3.57. The van der Waals surface area contributed by atoms with Crippen LogP contribution in [0.3, 0.4) is 0 Å². The first-order chi connectivity index (χ1) is 12.8. The lowest BCUT2D eigenvalue weighted by molar-refractivity contribution is -0.122. The molecule has 0 fully saturated rings. The van der Waals surface area contributed by atoms with Gasteiger partial charge in [0, 0.05) is 6.07 Å². The summed E-state index contributed by atoms with van der Waals surface area (Å²) in [5, 5.41) is 2.72. The van der Waals surface area contributed by atoms with Gasteiger partial charge in [-0.05, 0) is 24.3 Å². The summed E-state index contributed by atoms with van der Waals surface area (Å²) in [4.78, 5) is 12.7. The third-order valence-electron chi connectivity index (χ3n) is 4.09. The van der Waals surface area contributed by atoms with E-state index in [4.69, 9.17) is 14.2 Å². The molecule has 0 spiro atoms. The summed E-state index contributed by atoms with van der Waals surface area (Å²) >= 11 is 0. The van der Waals surface area contributed by atoms with Crippen molar-refractivity contribution in [2.24, 2.45) is 0 Å². The molecule has 1 N–H and O–H groups in total. The molecular weight excluding hydrogens is 372 g/mol. The zero-order chi connectivity index (χ0) is 19.6. The standard InChI is InChI=1S/C18H20N2O6S/c1-24-12-8-9-13(16(10-12)25-2)19-18(21)17-11-20(27(3,22)23)14-6-4-5-7-15(14)26-17/h4-10,17H,11H2,1-3H3,(H,19,21). The molecule has 144 valence electrons. The van der Waals surface area contributed by atoms with Gasteiger partial charge in [-0.3, -0.25) is 9.10 Å². The van der Waals surface area contributed by atoms with Gasteiger partial charge in [0.15, 0.2) is 6.10 Å². The Hall–Kier alpha value is -2.94. The van der Waals surface area contributed by atoms with Crippen LogP contribution in [0.1, 0.15) is 0 Å². The number of carbonyl (C=O) groups excluding carboxylic acids is 1. The van der Waals surface area contributed by atoms with E-state index >= 15 is 0 Å². The lowest BCUT2D eigenvalue weighted by atomic mass is 10.2. The molecule has 27 heavy (non-hydrogen) atoms. The van der Waals surface area contributed by atoms with Gasteiger partial charge in [0.1, 0.15) is 17.2 Å². The van der Waals surface area contributed by atoms with Crippen molar-refractivity contribution in [3.63, 3.8) is 0 Å². The van der Waals surface area contributed by atoms with E-state index in [1.54, 1.807) is 42.5 Å². The number of nitrogens with one attached hydrogen (secondary N) is 1. The van der Waals surface area contributed by atoms with Crippen molar-refractivity contribution >= 4 is 27.3 Å². The molecule has 8 nitrogen and oxygen atoms in total. The Morgan fingerprint density at radius 3 is 2.59 bits per heavy atom. The number of fused-ring (bicyclic) bond motifs is 1. The molecule has 0 aromatic heterocycles. The van der Waals surface area contributed by atoms with Crippen molar-refractivity contribution in [3.05, 3.63) is 42.5 Å². The maximum Gasteiger partial charge on any atom is 0.267 e. The van der Waals surface area contributed by atoms with E-state index in [9.17, 15) is 13.2 Å². The van der Waals surface area contributed by atoms with E-state index in [-0.39, 0.29) is 6.54 Å². The fourth-order valence-corrected chi connectivity index (χ4v) is 3.68. The quantitative estimate of drug-likeness (QED) is 0.835. The molecule has 0 saturated heterocycles. The molecule has 1 unspecified atom stereocenters. The minimum Gasteiger partial charge on any atom is -0.497 e. The molecular formula is C18H20N2O6S. The summed E-state index contributed by atoms with van der Waals surface area (Å²) < 4.78 is 41.6. The van der Waals surface area contributed by atoms with Gasteiger partial charge in [0.05, 0.1) is 38.4 Å². The Morgan fingerprint density at radius 1 is 1.19 bits per heavy atom. The van der Waals surface area contributed by atoms with Crippen molar-refractivity contribution < 1.29 is 27.4 Å². The number of sulfonamides is 1. The van der Waals surface area contributed by atoms with Gasteiger partial charge in [0.2, 0.25) is 10.0 Å². The SMILES string of the molecule is COc1ccc(NC(=O)C2CN(S(C)(=O)=O)c3ccccc3O2)c(OC)c1. The highest BCUT2D eigenvalue weighted by Crippen LogP contribution is 2.35. The number of amides is 1. The highest BCUT2D eigenvalue weighted by Gasteiger charge is 2.35. The first kappa shape index (κ1) is 18.8. The van der Waals surface area contributed by atoms with Gasteiger partial charge >= 0.3 is 0 Å². The molecule has 0 saturated carbocycles. The summed E-state index contributed by atoms with van der Waals surface area (Å²) in [5.41, 5.74) is 0.836. The fourth-order valence-electron chi connectivity index (χ4n) is 2.77. The second kappa shape index (κ2) is 7.36. The van der Waals surface area contributed by atoms with Crippen molar-refractivity contribution in [2.45, 2.75) is 6.10 Å². The topological polar surface area (TPSA) is 94.2 Å². The van der Waals surface area contributed by atoms with Gasteiger partial charge in [-0.1, -0.05) is 12.1 Å². The highest BCUT2D eigenvalue weighted by atomic mass is 32.2. The number of ether oxygens (including phenoxy) is 3. The van der Waals surface area contributed by atoms with Crippen LogP contribution in [0, 0.1) is 0 Å². The third-order valence-corrected chi connectivity index (χ3v) is 5.24. The average molecular weight is 392 g/mol. The van der Waals surface area contributed by atoms with Gasteiger partial charge in [-0.15, -0.1) is 0 Å². The number of carbonyl (C=O) groups is 1. The van der Waals surface area contributed by atoms with Gasteiger partial charge in [-0.2, -0.15) is 0 Å². The van der Waals surface area contributed by atoms with Crippen LogP contribution < -0.4 is 23.8 Å². The molecule has 1 aliphatic heterocycles. The van der Waals surface area contributed by atoms with Gasteiger partial charge in [0.25, 0.3) is 5.91 Å². The van der Waals surface area contributed by atoms with Crippen molar-refractivity contribution in [2.75, 3.05) is 36.6 Å². The molecule has 1 atom stereocenters. The molecule has 0 bridgehead atoms. The highest BCUT2D eigenvalue weighted by molar-refractivity contribution is 7.92. The average Bonchev–Trinajstić information content (AvgIpc) is 2.66. The number of hydrogen-bond acceptors (Lipinski definition) is 6. The number of rotatable bonds is 5. The molecule has 9 heteroatoms. The summed E-state index contributed by atoms with van der Waals surface area (Å²) in [5.74, 6) is 0.840. The molecule has 1 heterocycles. The van der Waals surface area contributed by atoms with E-state index in [0.29, 0.717) is 28.6 Å². The molecule has 1 aliphatic rings. The second-order valence-corrected chi connectivity index (χ2v) is 7.83. The monoisotopic (exact) mass is 392 g/mol. The predicted octanol–water partition coefficient (Wildman–Crippen LogP) is 1.87. The Morgan fingerprint density at radius 2 is 1.93 bits per heavy atom. The van der Waals surface area contributed by atoms with Crippen molar-refractivity contribution in [3.8, 4) is 17.2 Å². The normalized spacial score (nSPS) is 16.1. The van der Waals surface area contributed by atoms with E-state index in [1.165, 1.54) is 18.5 Å². The first-order valence-corrected chi connectivity index (χ1v) is 9.94. The molecule has 0 radical (unpaired) electrons. The van der Waals surface area contributed by atoms with Crippen molar-refractivity contribution in [1.29, 1.82) is 0 Å². The van der Waals surface area contributed by atoms with Crippen LogP contribution in [-0.2, 0) is 14.8 Å². The van der Waals surface area contributed by atoms with Crippen molar-refractivity contribution in [1.82, 2.24) is 0 Å². The fraction of sp³-hybridized carbons (Fsp3) is 0.278. The number of anilines is 2. The molecule has 2 aromatic rings. The number of para-hydroxylation sites is 2. The number of methoxy groups -OCH3 is 2. The Kier molecular flexibility index (Phi) is 5.13. The van der Waals surface area contributed by atoms with Gasteiger partial charge < -0.3 is 19.5 Å². The number of nitrogens with zero attached hydrogens (tertiary/aromatic N) is 1. The van der Waals surface area contributed by atoms with Crippen LogP contribution in [0.15, 0.2) is 42.5 Å². The smallest absolute Gasteiger partial charge is 0.267 e. The Bertz CT molecular complexity index is 960. The second-order valence-electron chi connectivity index (χ2n) is 5.92. The summed E-state index contributed by atoms with van der Waals surface area (Å²) in [7, 11) is -0.565. The Labute approximate surface area is 157 Å². The lowest BCUT2D eigenvalue weighted by Gasteiger charge is -2.33. The number of hydrogen-bond donors (Lipinski definition) is 1. The zero-order valence-corrected chi connectivity index (χ0v) is 15.9. The maximum atomic E-state index is 12.7. The first-order valence-electron chi connectivity index (χ1n) is 8.09. The zero-order valence-electron chi connectivity index (χ0n) is 15.1. The van der Waals surface area contributed by atoms with E-state index in [1.807, 2.05) is 0 Å². The lowest BCUT2D eigenvalue weighted by Crippen LogP contribution is -2.48. The largest absolute Gasteiger partial charge is 0.497 e. The van der Waals surface area contributed by atoms with E-state index in [0.717, 1.165) is 6.26 Å². The van der Waals surface area contributed by atoms with Crippen LogP contribution >= 0.6 is 0 Å². The van der Waals surface area contributed by atoms with Crippen LogP contribution in [0.25, 0.3) is 0 Å². The van der Waals surface area contributed by atoms with Crippen LogP contribution in [-0.4, -0.2) is 47.4 Å². The number of benzene rings is 2. The van der Waals surface area contributed by atoms with Crippen LogP contribution in [0.5, 0.6) is 17.2 Å². The van der Waals surface area contributed by atoms with Crippen LogP contribution in [0.2, 0.25) is 0 Å². The Balaban J connectivity index is 1.86. The maximum absolute atomic E-state index is 12.7. The van der Waals surface area contributed by atoms with Crippen LogP contribution in [0.4, 0.5) is 11.4 Å². The molecule has 0 aliphatic carbocycles. The summed E-state index contributed by atoms with van der Waals surface area (Å²) in [6, 6.07) is 11.6. The summed E-state index contributed by atoms with van der Waals surface area (Å²) in [6.07, 6.45) is 0.0813. The summed E-state index contributed by atoms with van der Waals surface area (Å²) in [6.45, 7) is -0.125. The minimum absolute atomic E-state index is 0.125. The molecule has 2 aromatic carbocycles. The molecule has 1 amide bonds.